The Hall–Kier alpha value is -2.40. The fraction of sp³-hybridized carbons (Fsp3) is 0.316. The van der Waals surface area contributed by atoms with E-state index in [0.717, 1.165) is 47.2 Å². The van der Waals surface area contributed by atoms with Crippen LogP contribution in [0.4, 0.5) is 0 Å². The minimum Gasteiger partial charge on any atom is -0.341 e. The first-order valence-electron chi connectivity index (χ1n) is 8.43. The van der Waals surface area contributed by atoms with Crippen LogP contribution in [0.2, 0.25) is 5.02 Å². The minimum atomic E-state index is 0.176. The number of aryl methyl sites for hydroxylation is 1. The van der Waals surface area contributed by atoms with E-state index in [-0.39, 0.29) is 5.91 Å². The smallest absolute Gasteiger partial charge is 0.242 e. The zero-order chi connectivity index (χ0) is 17.4. The zero-order valence-electron chi connectivity index (χ0n) is 14.1. The summed E-state index contributed by atoms with van der Waals surface area (Å²) in [5.74, 6) is 0.176. The van der Waals surface area contributed by atoms with Gasteiger partial charge in [0.05, 0.1) is 16.2 Å². The zero-order valence-corrected chi connectivity index (χ0v) is 14.8. The molecule has 5 nitrogen and oxygen atoms in total. The molecule has 0 saturated carbocycles. The van der Waals surface area contributed by atoms with Crippen molar-refractivity contribution >= 4 is 28.4 Å². The molecule has 0 spiro atoms. The maximum atomic E-state index is 12.3. The van der Waals surface area contributed by atoms with Crippen molar-refractivity contribution in [3.05, 3.63) is 58.8 Å². The van der Waals surface area contributed by atoms with Crippen LogP contribution < -0.4 is 0 Å². The van der Waals surface area contributed by atoms with Gasteiger partial charge in [-0.05, 0) is 36.6 Å². The van der Waals surface area contributed by atoms with Gasteiger partial charge in [0.1, 0.15) is 6.54 Å². The summed E-state index contributed by atoms with van der Waals surface area (Å²) in [6, 6.07) is 3.99. The number of fused-ring (bicyclic) bond motifs is 1. The van der Waals surface area contributed by atoms with Crippen molar-refractivity contribution in [2.45, 2.75) is 26.3 Å². The topological polar surface area (TPSA) is 51.0 Å². The molecule has 0 radical (unpaired) electrons. The van der Waals surface area contributed by atoms with Crippen molar-refractivity contribution in [3.8, 4) is 0 Å². The molecular weight excluding hydrogens is 336 g/mol. The number of rotatable bonds is 4. The van der Waals surface area contributed by atoms with Gasteiger partial charge in [0, 0.05) is 49.7 Å². The highest BCUT2D eigenvalue weighted by Crippen LogP contribution is 2.25. The molecule has 0 bridgehead atoms. The second kappa shape index (κ2) is 6.48. The van der Waals surface area contributed by atoms with Crippen LogP contribution in [0.25, 0.3) is 10.9 Å². The predicted octanol–water partition coefficient (Wildman–Crippen LogP) is 3.22. The van der Waals surface area contributed by atoms with Crippen LogP contribution in [-0.2, 0) is 17.8 Å². The third-order valence-electron chi connectivity index (χ3n) is 4.86. The predicted molar refractivity (Wildman–Crippen MR) is 97.7 cm³/mol. The molecule has 1 fully saturated rings. The fourth-order valence-electron chi connectivity index (χ4n) is 3.22. The Bertz CT molecular complexity index is 925. The molecule has 3 aromatic heterocycles. The van der Waals surface area contributed by atoms with Crippen LogP contribution in [0.5, 0.6) is 0 Å². The summed E-state index contributed by atoms with van der Waals surface area (Å²) in [7, 11) is 0. The fourth-order valence-corrected chi connectivity index (χ4v) is 3.49. The molecule has 25 heavy (non-hydrogen) atoms. The highest BCUT2D eigenvalue weighted by atomic mass is 35.5. The molecule has 6 heteroatoms. The lowest BCUT2D eigenvalue weighted by Gasteiger charge is -2.31. The molecule has 0 aromatic carbocycles. The quantitative estimate of drug-likeness (QED) is 0.722. The summed E-state index contributed by atoms with van der Waals surface area (Å²) in [4.78, 5) is 22.8. The van der Waals surface area contributed by atoms with Crippen LogP contribution in [0.1, 0.15) is 23.2 Å². The van der Waals surface area contributed by atoms with Crippen LogP contribution in [0.3, 0.4) is 0 Å². The van der Waals surface area contributed by atoms with E-state index < -0.39 is 0 Å². The van der Waals surface area contributed by atoms with Gasteiger partial charge in [-0.2, -0.15) is 0 Å². The molecule has 0 unspecified atom stereocenters. The number of hydrogen-bond acceptors (Lipinski definition) is 3. The van der Waals surface area contributed by atoms with E-state index in [0.29, 0.717) is 18.0 Å². The molecule has 1 amide bonds. The van der Waals surface area contributed by atoms with E-state index in [2.05, 4.69) is 9.97 Å². The summed E-state index contributed by atoms with van der Waals surface area (Å²) in [6.07, 6.45) is 9.01. The molecular formula is C19H19ClN4O. The van der Waals surface area contributed by atoms with Crippen molar-refractivity contribution < 1.29 is 4.79 Å². The highest BCUT2D eigenvalue weighted by molar-refractivity contribution is 6.31. The minimum absolute atomic E-state index is 0.176. The van der Waals surface area contributed by atoms with Crippen molar-refractivity contribution in [3.63, 3.8) is 0 Å². The number of amides is 1. The Morgan fingerprint density at radius 1 is 1.28 bits per heavy atom. The number of likely N-dealkylation sites (tertiary alicyclic amines) is 1. The van der Waals surface area contributed by atoms with Crippen LogP contribution in [-0.4, -0.2) is 38.4 Å². The molecule has 4 rings (SSSR count). The molecule has 1 aliphatic heterocycles. The van der Waals surface area contributed by atoms with Gasteiger partial charge in [0.25, 0.3) is 0 Å². The van der Waals surface area contributed by atoms with Crippen molar-refractivity contribution in [1.82, 2.24) is 19.4 Å². The van der Waals surface area contributed by atoms with Crippen LogP contribution in [0.15, 0.2) is 36.9 Å². The highest BCUT2D eigenvalue weighted by Gasteiger charge is 2.21. The average Bonchev–Trinajstić information content (AvgIpc) is 2.93. The molecule has 0 N–H and O–H groups in total. The summed E-state index contributed by atoms with van der Waals surface area (Å²) in [5.41, 5.74) is 4.09. The number of carbonyl (C=O) groups is 1. The van der Waals surface area contributed by atoms with Crippen molar-refractivity contribution in [2.24, 2.45) is 0 Å². The summed E-state index contributed by atoms with van der Waals surface area (Å²) >= 11 is 6.32. The first kappa shape index (κ1) is 16.1. The van der Waals surface area contributed by atoms with E-state index in [1.165, 1.54) is 0 Å². The van der Waals surface area contributed by atoms with Crippen molar-refractivity contribution in [1.29, 1.82) is 0 Å². The Labute approximate surface area is 151 Å². The molecule has 1 aliphatic rings. The molecule has 3 aromatic rings. The third kappa shape index (κ3) is 3.00. The second-order valence-corrected chi connectivity index (χ2v) is 6.87. The Morgan fingerprint density at radius 2 is 2.12 bits per heavy atom. The van der Waals surface area contributed by atoms with Gasteiger partial charge in [-0.1, -0.05) is 11.6 Å². The van der Waals surface area contributed by atoms with E-state index in [4.69, 9.17) is 11.6 Å². The van der Waals surface area contributed by atoms with Crippen LogP contribution in [0, 0.1) is 6.92 Å². The number of halogens is 1. The lowest BCUT2D eigenvalue weighted by Crippen LogP contribution is -2.43. The maximum absolute atomic E-state index is 12.3. The standard InChI is InChI=1S/C19H19ClN4O/c1-13-10-21-11-16(20)15(13)9-17-14-4-8-24(18(14)3-5-22-17)12-19(25)23-6-2-7-23/h3-5,8,10-11H,2,6-7,9,12H2,1H3. The van der Waals surface area contributed by atoms with E-state index >= 15 is 0 Å². The number of hydrogen-bond donors (Lipinski definition) is 0. The number of pyridine rings is 2. The SMILES string of the molecule is Cc1cncc(Cl)c1Cc1nccc2c1ccn2CC(=O)N1CCC1. The number of aromatic nitrogens is 3. The van der Waals surface area contributed by atoms with Gasteiger partial charge >= 0.3 is 0 Å². The lowest BCUT2D eigenvalue weighted by atomic mass is 10.0. The van der Waals surface area contributed by atoms with Gasteiger partial charge in [-0.15, -0.1) is 0 Å². The Morgan fingerprint density at radius 3 is 2.84 bits per heavy atom. The first-order chi connectivity index (χ1) is 12.1. The molecule has 0 atom stereocenters. The average molecular weight is 355 g/mol. The number of nitrogens with zero attached hydrogens (tertiary/aromatic N) is 4. The Balaban J connectivity index is 1.66. The molecule has 1 saturated heterocycles. The first-order valence-corrected chi connectivity index (χ1v) is 8.81. The monoisotopic (exact) mass is 354 g/mol. The molecule has 0 aliphatic carbocycles. The lowest BCUT2D eigenvalue weighted by molar-refractivity contribution is -0.135. The van der Waals surface area contributed by atoms with Gasteiger partial charge in [0.2, 0.25) is 5.91 Å². The summed E-state index contributed by atoms with van der Waals surface area (Å²) in [5, 5.41) is 1.72. The van der Waals surface area contributed by atoms with E-state index in [1.807, 2.05) is 40.9 Å². The van der Waals surface area contributed by atoms with Crippen LogP contribution >= 0.6 is 11.6 Å². The second-order valence-electron chi connectivity index (χ2n) is 6.46. The maximum Gasteiger partial charge on any atom is 0.242 e. The van der Waals surface area contributed by atoms with Gasteiger partial charge in [0.15, 0.2) is 0 Å². The molecule has 128 valence electrons. The third-order valence-corrected chi connectivity index (χ3v) is 5.18. The number of carbonyl (C=O) groups excluding carboxylic acids is 1. The van der Waals surface area contributed by atoms with E-state index in [1.54, 1.807) is 12.4 Å². The summed E-state index contributed by atoms with van der Waals surface area (Å²) < 4.78 is 2.00. The van der Waals surface area contributed by atoms with E-state index in [9.17, 15) is 4.79 Å². The summed E-state index contributed by atoms with van der Waals surface area (Å²) in [6.45, 7) is 4.14. The Kier molecular flexibility index (Phi) is 4.17. The van der Waals surface area contributed by atoms with Gasteiger partial charge in [-0.3, -0.25) is 14.8 Å². The molecule has 4 heterocycles. The van der Waals surface area contributed by atoms with Crippen molar-refractivity contribution in [2.75, 3.05) is 13.1 Å². The largest absolute Gasteiger partial charge is 0.341 e. The van der Waals surface area contributed by atoms with Gasteiger partial charge < -0.3 is 9.47 Å². The van der Waals surface area contributed by atoms with Gasteiger partial charge in [-0.25, -0.2) is 0 Å². The normalized spacial score (nSPS) is 13.9.